The maximum atomic E-state index is 9.48. The van der Waals surface area contributed by atoms with Gasteiger partial charge in [0, 0.05) is 17.8 Å². The predicted octanol–water partition coefficient (Wildman–Crippen LogP) is 0.299. The van der Waals surface area contributed by atoms with Crippen molar-refractivity contribution in [2.75, 3.05) is 28.8 Å². The molecule has 0 aliphatic rings. The summed E-state index contributed by atoms with van der Waals surface area (Å²) >= 11 is 5.15. The zero-order valence-corrected chi connectivity index (χ0v) is 16.0. The molecule has 7 heteroatoms. The molecule has 0 rings (SSSR count). The van der Waals surface area contributed by atoms with E-state index in [2.05, 4.69) is 28.1 Å². The molecule has 0 bridgehead atoms. The molecule has 0 N–H and O–H groups in total. The number of rotatable bonds is 14. The summed E-state index contributed by atoms with van der Waals surface area (Å²) in [5.41, 5.74) is 0. The second-order valence-electron chi connectivity index (χ2n) is 3.60. The Morgan fingerprint density at radius 1 is 0.833 bits per heavy atom. The quantitative estimate of drug-likeness (QED) is 0.151. The molecule has 104 valence electrons. The summed E-state index contributed by atoms with van der Waals surface area (Å²) in [4.78, 5) is 0. The maximum Gasteiger partial charge on any atom is 1.00 e. The van der Waals surface area contributed by atoms with E-state index in [1.165, 1.54) is 42.9 Å². The summed E-state index contributed by atoms with van der Waals surface area (Å²) in [5, 5.41) is 12.7. The zero-order valence-electron chi connectivity index (χ0n) is 11.5. The summed E-state index contributed by atoms with van der Waals surface area (Å²) in [7, 11) is 0. The van der Waals surface area contributed by atoms with Gasteiger partial charge in [-0.25, -0.2) is 0 Å². The Labute approximate surface area is 146 Å². The van der Waals surface area contributed by atoms with Gasteiger partial charge in [-0.3, -0.25) is 5.04 Å². The Morgan fingerprint density at radius 2 is 1.39 bits per heavy atom. The maximum absolute atomic E-state index is 9.48. The van der Waals surface area contributed by atoms with E-state index in [1.54, 1.807) is 0 Å². The monoisotopic (exact) mass is 322 g/mol. The van der Waals surface area contributed by atoms with Crippen LogP contribution in [0, 0.1) is 0 Å². The first-order chi connectivity index (χ1) is 8.41. The van der Waals surface area contributed by atoms with Crippen molar-refractivity contribution >= 4 is 35.6 Å². The van der Waals surface area contributed by atoms with Crippen LogP contribution in [-0.2, 0) is 9.37 Å². The first-order valence-corrected chi connectivity index (χ1v) is 9.37. The van der Waals surface area contributed by atoms with Crippen LogP contribution < -0.4 is 34.8 Å². The Morgan fingerprint density at radius 3 is 1.94 bits per heavy atom. The van der Waals surface area contributed by atoms with Gasteiger partial charge in [0.15, 0.2) is 0 Å². The van der Waals surface area contributed by atoms with Gasteiger partial charge in [-0.1, -0.05) is 13.3 Å². The summed E-state index contributed by atoms with van der Waals surface area (Å²) in [6.07, 6.45) is 6.37. The molecule has 0 amide bonds. The van der Waals surface area contributed by atoms with E-state index in [9.17, 15) is 5.26 Å². The third kappa shape index (κ3) is 20.3. The first kappa shape index (κ1) is 22.2. The van der Waals surface area contributed by atoms with E-state index >= 15 is 0 Å². The molecule has 0 radical (unpaired) electrons. The molecule has 3 nitrogen and oxygen atoms in total. The van der Waals surface area contributed by atoms with Gasteiger partial charge in [0.2, 0.25) is 0 Å². The third-order valence-electron chi connectivity index (χ3n) is 2.06. The van der Waals surface area contributed by atoms with E-state index in [4.69, 9.17) is 0 Å². The minimum atomic E-state index is 0. The second kappa shape index (κ2) is 21.2. The van der Waals surface area contributed by atoms with Gasteiger partial charge >= 0.3 is 29.6 Å². The molecule has 0 fully saturated rings. The Hall–Kier alpha value is 1.93. The molecule has 18 heavy (non-hydrogen) atoms. The molecule has 0 unspecified atom stereocenters. The Kier molecular flexibility index (Phi) is 26.2. The zero-order chi connectivity index (χ0) is 12.6. The van der Waals surface area contributed by atoms with Crippen LogP contribution in [0.1, 0.15) is 39.0 Å². The third-order valence-corrected chi connectivity index (χ3v) is 4.98. The van der Waals surface area contributed by atoms with Crippen molar-refractivity contribution in [3.05, 3.63) is 0 Å². The average Bonchev–Trinajstić information content (AvgIpc) is 2.35. The molecule has 0 saturated carbocycles. The number of thioether (sulfide) groups is 2. The molecular formula is C11H23NaO3S3. The number of hydrogen-bond donors (Lipinski definition) is 0. The van der Waals surface area contributed by atoms with Gasteiger partial charge in [0.1, 0.15) is 0 Å². The largest absolute Gasteiger partial charge is 1.00 e. The van der Waals surface area contributed by atoms with Crippen molar-refractivity contribution in [3.63, 3.8) is 0 Å². The molecule has 0 spiro atoms. The normalized spacial score (nSPS) is 10.3. The van der Waals surface area contributed by atoms with Crippen LogP contribution >= 0.6 is 35.6 Å². The van der Waals surface area contributed by atoms with E-state index in [1.807, 2.05) is 11.8 Å². The number of unbranched alkanes of at least 4 members (excludes halogenated alkanes) is 2. The average molecular weight is 322 g/mol. The van der Waals surface area contributed by atoms with Crippen molar-refractivity contribution in [1.82, 2.24) is 0 Å². The van der Waals surface area contributed by atoms with Gasteiger partial charge in [-0.2, -0.15) is 27.9 Å². The topological polar surface area (TPSA) is 41.5 Å². The Balaban J connectivity index is 0. The SMILES string of the molecule is CCCCSCCCCSCCCSOO[O-].[Na+]. The predicted molar refractivity (Wildman–Crippen MR) is 78.0 cm³/mol. The van der Waals surface area contributed by atoms with Crippen LogP contribution in [0.25, 0.3) is 0 Å². The van der Waals surface area contributed by atoms with E-state index < -0.39 is 0 Å². The first-order valence-electron chi connectivity index (χ1n) is 6.15. The van der Waals surface area contributed by atoms with E-state index in [-0.39, 0.29) is 29.6 Å². The van der Waals surface area contributed by atoms with Crippen molar-refractivity contribution in [3.8, 4) is 0 Å². The summed E-state index contributed by atoms with van der Waals surface area (Å²) in [6, 6.07) is 0. The second-order valence-corrected chi connectivity index (χ2v) is 6.83. The minimum absolute atomic E-state index is 0. The van der Waals surface area contributed by atoms with Gasteiger partial charge in [0.25, 0.3) is 0 Å². The van der Waals surface area contributed by atoms with Gasteiger partial charge in [-0.15, -0.1) is 0 Å². The van der Waals surface area contributed by atoms with Crippen molar-refractivity contribution < 1.29 is 44.2 Å². The molecule has 0 aliphatic heterocycles. The van der Waals surface area contributed by atoms with Crippen molar-refractivity contribution in [2.24, 2.45) is 0 Å². The van der Waals surface area contributed by atoms with E-state index in [0.29, 0.717) is 0 Å². The van der Waals surface area contributed by atoms with Crippen LogP contribution in [0.3, 0.4) is 0 Å². The molecule has 0 aliphatic carbocycles. The van der Waals surface area contributed by atoms with Crippen molar-refractivity contribution in [2.45, 2.75) is 39.0 Å². The number of hydrogen-bond acceptors (Lipinski definition) is 6. The standard InChI is InChI=1S/C11H24O3S3.Na/c1-2-3-7-15-8-4-5-9-16-10-6-11-17-14-13-12;/h12H,2-11H2,1H3;/q;+1/p-1. The fourth-order valence-electron chi connectivity index (χ4n) is 1.13. The summed E-state index contributed by atoms with van der Waals surface area (Å²) in [5.74, 6) is 5.84. The van der Waals surface area contributed by atoms with Crippen LogP contribution in [-0.4, -0.2) is 28.8 Å². The van der Waals surface area contributed by atoms with Crippen molar-refractivity contribution in [1.29, 1.82) is 0 Å². The van der Waals surface area contributed by atoms with Gasteiger partial charge in [0.05, 0.1) is 0 Å². The molecule has 0 aromatic rings. The fourth-order valence-corrected chi connectivity index (χ4v) is 3.75. The van der Waals surface area contributed by atoms with Crippen LogP contribution in [0.2, 0.25) is 0 Å². The smallest absolute Gasteiger partial charge is 0.691 e. The minimum Gasteiger partial charge on any atom is -0.691 e. The van der Waals surface area contributed by atoms with Gasteiger partial charge in [-0.05, 0) is 48.7 Å². The molecule has 0 aromatic heterocycles. The molecule has 0 saturated heterocycles. The Bertz CT molecular complexity index is 131. The van der Waals surface area contributed by atoms with Crippen LogP contribution in [0.15, 0.2) is 0 Å². The van der Waals surface area contributed by atoms with Gasteiger partial charge < -0.3 is 5.26 Å². The van der Waals surface area contributed by atoms with E-state index in [0.717, 1.165) is 30.0 Å². The molecule has 0 aromatic carbocycles. The molecule has 0 atom stereocenters. The molecular weight excluding hydrogens is 299 g/mol. The summed E-state index contributed by atoms with van der Waals surface area (Å²) in [6.45, 7) is 2.24. The fraction of sp³-hybridized carbons (Fsp3) is 1.00. The van der Waals surface area contributed by atoms with Crippen LogP contribution in [0.5, 0.6) is 0 Å². The summed E-state index contributed by atoms with van der Waals surface area (Å²) < 4.78 is 4.17. The van der Waals surface area contributed by atoms with Crippen LogP contribution in [0.4, 0.5) is 0 Å². The molecule has 0 heterocycles.